The van der Waals surface area contributed by atoms with Crippen LogP contribution in [0.15, 0.2) is 6.33 Å². The molecule has 2 aromatic rings. The summed E-state index contributed by atoms with van der Waals surface area (Å²) in [4.78, 5) is 49.1. The van der Waals surface area contributed by atoms with Crippen molar-refractivity contribution in [1.82, 2.24) is 19.5 Å². The lowest BCUT2D eigenvalue weighted by Gasteiger charge is -2.33. The summed E-state index contributed by atoms with van der Waals surface area (Å²) in [6.45, 7) is 9.36. The van der Waals surface area contributed by atoms with E-state index in [1.165, 1.54) is 24.7 Å². The fourth-order valence-corrected chi connectivity index (χ4v) is 4.89. The molecule has 2 aromatic heterocycles. The van der Waals surface area contributed by atoms with Gasteiger partial charge >= 0.3 is 11.9 Å². The average molecular weight is 523 g/mol. The van der Waals surface area contributed by atoms with Gasteiger partial charge in [0.2, 0.25) is 11.9 Å². The summed E-state index contributed by atoms with van der Waals surface area (Å²) in [5, 5.41) is 15.5. The molecule has 0 bridgehead atoms. The third kappa shape index (κ3) is 5.81. The zero-order chi connectivity index (χ0) is 27.7. The lowest BCUT2D eigenvalue weighted by molar-refractivity contribution is -0.151. The van der Waals surface area contributed by atoms with Crippen molar-refractivity contribution >= 4 is 40.8 Å². The van der Waals surface area contributed by atoms with Crippen molar-refractivity contribution in [2.24, 2.45) is 23.7 Å². The Morgan fingerprint density at radius 1 is 1.27 bits per heavy atom. The van der Waals surface area contributed by atoms with Crippen LogP contribution in [-0.2, 0) is 23.9 Å². The first-order chi connectivity index (χ1) is 17.3. The second kappa shape index (κ2) is 11.0. The molecule has 0 aliphatic carbocycles. The fourth-order valence-electron chi connectivity index (χ4n) is 4.89. The minimum atomic E-state index is -2.22. The molecular weight excluding hydrogens is 487 g/mol. The number of nitrogens with zero attached hydrogens (tertiary/aromatic N) is 4. The molecule has 1 aliphatic rings. The van der Waals surface area contributed by atoms with Crippen molar-refractivity contribution in [3.63, 3.8) is 0 Å². The van der Waals surface area contributed by atoms with Crippen molar-refractivity contribution in [2.75, 3.05) is 24.3 Å². The lowest BCUT2D eigenvalue weighted by atomic mass is 9.73. The number of imidazole rings is 1. The van der Waals surface area contributed by atoms with Gasteiger partial charge in [0.1, 0.15) is 12.7 Å². The number of nitrogens with one attached hydrogen (secondary N) is 2. The SMILES string of the molecule is CNc1nc(NC(=O)CC(C)C)nc2c1ncn2[C@@H]1OC(COC(C)=O)[C@@H](C(C(=O)O)C(C)C)[C@@]1(C)F. The number of carbonyl (C=O) groups is 3. The highest BCUT2D eigenvalue weighted by Gasteiger charge is 2.60. The van der Waals surface area contributed by atoms with E-state index in [9.17, 15) is 19.5 Å². The molecule has 1 aliphatic heterocycles. The van der Waals surface area contributed by atoms with Crippen molar-refractivity contribution in [3.05, 3.63) is 6.33 Å². The molecule has 5 atom stereocenters. The van der Waals surface area contributed by atoms with Gasteiger partial charge in [-0.05, 0) is 18.8 Å². The van der Waals surface area contributed by atoms with E-state index in [4.69, 9.17) is 9.47 Å². The van der Waals surface area contributed by atoms with Gasteiger partial charge in [0, 0.05) is 26.3 Å². The molecule has 12 nitrogen and oxygen atoms in total. The number of carboxylic acid groups (broad SMARTS) is 1. The van der Waals surface area contributed by atoms with Crippen molar-refractivity contribution in [3.8, 4) is 0 Å². The van der Waals surface area contributed by atoms with Crippen LogP contribution in [-0.4, -0.2) is 67.9 Å². The molecule has 204 valence electrons. The molecule has 1 saturated heterocycles. The number of rotatable bonds is 10. The zero-order valence-corrected chi connectivity index (χ0v) is 22.1. The lowest BCUT2D eigenvalue weighted by Crippen LogP contribution is -2.45. The zero-order valence-electron chi connectivity index (χ0n) is 22.1. The number of alkyl halides is 1. The van der Waals surface area contributed by atoms with E-state index in [0.717, 1.165) is 0 Å². The number of halogens is 1. The van der Waals surface area contributed by atoms with Gasteiger partial charge in [-0.15, -0.1) is 0 Å². The normalized spacial score (nSPS) is 24.4. The molecule has 3 N–H and O–H groups in total. The highest BCUT2D eigenvalue weighted by molar-refractivity contribution is 5.91. The van der Waals surface area contributed by atoms with Crippen LogP contribution in [0.5, 0.6) is 0 Å². The first kappa shape index (κ1) is 28.2. The quantitative estimate of drug-likeness (QED) is 0.396. The maximum Gasteiger partial charge on any atom is 0.307 e. The van der Waals surface area contributed by atoms with Crippen molar-refractivity contribution in [2.45, 2.75) is 66.0 Å². The molecule has 3 rings (SSSR count). The summed E-state index contributed by atoms with van der Waals surface area (Å²) in [5.41, 5.74) is -1.74. The standard InChI is InChI=1S/C24H35FN6O6/c1-11(2)8-15(33)28-23-29-19(26-7)18-20(30-23)31(10-27-18)22-24(6,25)17(16(12(3)4)21(34)35)14(37-22)9-36-13(5)32/h10-12,14,16-17,22H,8-9H2,1-7H3,(H,34,35)(H2,26,28,29,30,33)/t14?,16?,17-,22+,24+/m0/s1. The molecule has 1 amide bonds. The van der Waals surface area contributed by atoms with Gasteiger partial charge in [-0.1, -0.05) is 27.7 Å². The highest BCUT2D eigenvalue weighted by Crippen LogP contribution is 2.51. The summed E-state index contributed by atoms with van der Waals surface area (Å²) in [6, 6.07) is 0. The van der Waals surface area contributed by atoms with E-state index >= 15 is 4.39 Å². The number of hydrogen-bond acceptors (Lipinski definition) is 9. The summed E-state index contributed by atoms with van der Waals surface area (Å²) in [6.07, 6.45) is -0.795. The topological polar surface area (TPSA) is 158 Å². The Hall–Kier alpha value is -3.35. The van der Waals surface area contributed by atoms with Gasteiger partial charge in [-0.25, -0.2) is 9.37 Å². The first-order valence-electron chi connectivity index (χ1n) is 12.2. The second-order valence-electron chi connectivity index (χ2n) is 10.2. The van der Waals surface area contributed by atoms with Crippen LogP contribution < -0.4 is 10.6 Å². The van der Waals surface area contributed by atoms with E-state index in [0.29, 0.717) is 11.3 Å². The minimum Gasteiger partial charge on any atom is -0.481 e. The molecule has 0 aromatic carbocycles. The third-order valence-corrected chi connectivity index (χ3v) is 6.44. The van der Waals surface area contributed by atoms with E-state index in [-0.39, 0.29) is 36.4 Å². The number of carboxylic acids is 1. The van der Waals surface area contributed by atoms with Crippen LogP contribution in [0.2, 0.25) is 0 Å². The molecule has 2 unspecified atom stereocenters. The number of ether oxygens (including phenoxy) is 2. The number of aliphatic carboxylic acids is 1. The molecule has 3 heterocycles. The molecule has 37 heavy (non-hydrogen) atoms. The van der Waals surface area contributed by atoms with Gasteiger partial charge in [-0.3, -0.25) is 24.3 Å². The Labute approximate surface area is 214 Å². The number of esters is 1. The summed E-state index contributed by atoms with van der Waals surface area (Å²) in [7, 11) is 1.62. The Morgan fingerprint density at radius 2 is 1.95 bits per heavy atom. The van der Waals surface area contributed by atoms with Gasteiger partial charge in [0.05, 0.1) is 12.2 Å². The summed E-state index contributed by atoms with van der Waals surface area (Å²) >= 11 is 0. The Bertz CT molecular complexity index is 1170. The van der Waals surface area contributed by atoms with Crippen LogP contribution in [0, 0.1) is 23.7 Å². The number of anilines is 2. The van der Waals surface area contributed by atoms with E-state index in [2.05, 4.69) is 25.6 Å². The average Bonchev–Trinajstić information content (AvgIpc) is 3.29. The molecule has 0 radical (unpaired) electrons. The second-order valence-corrected chi connectivity index (χ2v) is 10.2. The van der Waals surface area contributed by atoms with Crippen LogP contribution in [0.25, 0.3) is 11.2 Å². The molecule has 1 fully saturated rings. The predicted molar refractivity (Wildman–Crippen MR) is 132 cm³/mol. The van der Waals surface area contributed by atoms with Crippen LogP contribution in [0.3, 0.4) is 0 Å². The third-order valence-electron chi connectivity index (χ3n) is 6.44. The largest absolute Gasteiger partial charge is 0.481 e. The monoisotopic (exact) mass is 522 g/mol. The Kier molecular flexibility index (Phi) is 8.35. The van der Waals surface area contributed by atoms with Gasteiger partial charge in [-0.2, -0.15) is 9.97 Å². The van der Waals surface area contributed by atoms with Gasteiger partial charge in [0.25, 0.3) is 0 Å². The highest BCUT2D eigenvalue weighted by atomic mass is 19.1. The summed E-state index contributed by atoms with van der Waals surface area (Å²) < 4.78 is 29.2. The summed E-state index contributed by atoms with van der Waals surface area (Å²) in [5.74, 6) is -4.33. The fraction of sp³-hybridized carbons (Fsp3) is 0.667. The predicted octanol–water partition coefficient (Wildman–Crippen LogP) is 3.01. The Morgan fingerprint density at radius 3 is 2.49 bits per heavy atom. The van der Waals surface area contributed by atoms with E-state index in [1.54, 1.807) is 20.9 Å². The molecule has 0 spiro atoms. The van der Waals surface area contributed by atoms with E-state index < -0.39 is 47.7 Å². The molecular formula is C24H35FN6O6. The first-order valence-corrected chi connectivity index (χ1v) is 12.2. The number of carbonyl (C=O) groups excluding carboxylic acids is 2. The number of aromatic nitrogens is 4. The molecule has 13 heteroatoms. The number of amides is 1. The Balaban J connectivity index is 2.09. The smallest absolute Gasteiger partial charge is 0.307 e. The minimum absolute atomic E-state index is 0.00131. The van der Waals surface area contributed by atoms with Crippen molar-refractivity contribution in [1.29, 1.82) is 0 Å². The number of fused-ring (bicyclic) bond motifs is 1. The van der Waals surface area contributed by atoms with Gasteiger partial charge in [0.15, 0.2) is 28.9 Å². The number of hydrogen-bond donors (Lipinski definition) is 3. The van der Waals surface area contributed by atoms with Crippen LogP contribution in [0.1, 0.15) is 54.2 Å². The van der Waals surface area contributed by atoms with Crippen molar-refractivity contribution < 1.29 is 33.4 Å². The van der Waals surface area contributed by atoms with Crippen LogP contribution >= 0.6 is 0 Å². The maximum atomic E-state index is 16.7. The van der Waals surface area contributed by atoms with Crippen LogP contribution in [0.4, 0.5) is 16.2 Å². The maximum absolute atomic E-state index is 16.7. The molecule has 0 saturated carbocycles. The van der Waals surface area contributed by atoms with E-state index in [1.807, 2.05) is 13.8 Å². The van der Waals surface area contributed by atoms with Gasteiger partial charge < -0.3 is 19.9 Å².